The zero-order valence-electron chi connectivity index (χ0n) is 14.3. The van der Waals surface area contributed by atoms with Crippen molar-refractivity contribution in [1.82, 2.24) is 14.5 Å². The van der Waals surface area contributed by atoms with E-state index in [0.717, 1.165) is 24.2 Å². The minimum atomic E-state index is -1.13. The summed E-state index contributed by atoms with van der Waals surface area (Å²) in [5.41, 5.74) is 0.0525. The van der Waals surface area contributed by atoms with Crippen LogP contribution in [-0.4, -0.2) is 45.2 Å². The van der Waals surface area contributed by atoms with Crippen molar-refractivity contribution in [2.45, 2.75) is 31.4 Å². The number of nitrogens with zero attached hydrogens (tertiary/aromatic N) is 3. The quantitative estimate of drug-likeness (QED) is 0.931. The van der Waals surface area contributed by atoms with Gasteiger partial charge in [-0.1, -0.05) is 12.1 Å². The Morgan fingerprint density at radius 1 is 1.38 bits per heavy atom. The Kier molecular flexibility index (Phi) is 4.32. The molecule has 2 heterocycles. The highest BCUT2D eigenvalue weighted by Gasteiger charge is 2.43. The summed E-state index contributed by atoms with van der Waals surface area (Å²) in [6.07, 6.45) is 4.95. The van der Waals surface area contributed by atoms with Crippen molar-refractivity contribution in [3.63, 3.8) is 0 Å². The predicted molar refractivity (Wildman–Crippen MR) is 89.8 cm³/mol. The summed E-state index contributed by atoms with van der Waals surface area (Å²) in [5, 5.41) is 11.2. The van der Waals surface area contributed by atoms with Crippen molar-refractivity contribution >= 4 is 5.91 Å². The Balaban J connectivity index is 1.86. The van der Waals surface area contributed by atoms with Crippen LogP contribution < -0.4 is 4.74 Å². The number of aromatic nitrogens is 2. The van der Waals surface area contributed by atoms with Crippen LogP contribution in [0, 0.1) is 0 Å². The van der Waals surface area contributed by atoms with E-state index >= 15 is 0 Å². The molecule has 0 bridgehead atoms. The second-order valence-corrected chi connectivity index (χ2v) is 6.46. The molecular formula is C18H23N3O3. The summed E-state index contributed by atoms with van der Waals surface area (Å²) in [6.45, 7) is 2.40. The molecule has 0 radical (unpaired) electrons. The van der Waals surface area contributed by atoms with Crippen LogP contribution in [0.5, 0.6) is 5.75 Å². The van der Waals surface area contributed by atoms with Gasteiger partial charge in [-0.15, -0.1) is 0 Å². The van der Waals surface area contributed by atoms with Gasteiger partial charge in [-0.25, -0.2) is 4.98 Å². The van der Waals surface area contributed by atoms with Gasteiger partial charge in [0.15, 0.2) is 0 Å². The van der Waals surface area contributed by atoms with Crippen molar-refractivity contribution in [3.05, 3.63) is 48.0 Å². The van der Waals surface area contributed by atoms with E-state index in [9.17, 15) is 9.90 Å². The van der Waals surface area contributed by atoms with Crippen LogP contribution in [0.4, 0.5) is 0 Å². The monoisotopic (exact) mass is 329 g/mol. The molecule has 1 amide bonds. The van der Waals surface area contributed by atoms with Gasteiger partial charge < -0.3 is 19.3 Å². The molecule has 1 saturated heterocycles. The Hall–Kier alpha value is -2.34. The minimum absolute atomic E-state index is 0.133. The van der Waals surface area contributed by atoms with Crippen LogP contribution in [0.15, 0.2) is 36.8 Å². The molecule has 3 rings (SSSR count). The number of carbonyl (C=O) groups is 1. The summed E-state index contributed by atoms with van der Waals surface area (Å²) in [7, 11) is 3.44. The molecule has 6 heteroatoms. The molecule has 1 aromatic carbocycles. The molecule has 2 aromatic rings. The Morgan fingerprint density at radius 2 is 2.08 bits per heavy atom. The molecule has 1 aromatic heterocycles. The first kappa shape index (κ1) is 16.5. The van der Waals surface area contributed by atoms with Gasteiger partial charge in [-0.2, -0.15) is 0 Å². The van der Waals surface area contributed by atoms with Crippen molar-refractivity contribution in [3.8, 4) is 5.75 Å². The van der Waals surface area contributed by atoms with Gasteiger partial charge in [-0.3, -0.25) is 4.79 Å². The van der Waals surface area contributed by atoms with Gasteiger partial charge in [0, 0.05) is 19.8 Å². The molecule has 128 valence electrons. The molecule has 24 heavy (non-hydrogen) atoms. The first-order chi connectivity index (χ1) is 11.4. The van der Waals surface area contributed by atoms with Gasteiger partial charge in [0.2, 0.25) is 0 Å². The predicted octanol–water partition coefficient (Wildman–Crippen LogP) is 1.94. The number of methoxy groups -OCH3 is 1. The lowest BCUT2D eigenvalue weighted by molar-refractivity contribution is -0.0179. The highest BCUT2D eigenvalue weighted by Crippen LogP contribution is 2.35. The molecular weight excluding hydrogens is 306 g/mol. The van der Waals surface area contributed by atoms with Gasteiger partial charge in [0.25, 0.3) is 5.91 Å². The molecule has 6 nitrogen and oxygen atoms in total. The molecule has 0 spiro atoms. The van der Waals surface area contributed by atoms with Crippen molar-refractivity contribution < 1.29 is 14.6 Å². The maximum atomic E-state index is 12.8. The number of amides is 1. The lowest BCUT2D eigenvalue weighted by Crippen LogP contribution is -2.48. The lowest BCUT2D eigenvalue weighted by Gasteiger charge is -2.36. The molecule has 0 aliphatic carbocycles. The van der Waals surface area contributed by atoms with Gasteiger partial charge in [-0.05, 0) is 37.5 Å². The highest BCUT2D eigenvalue weighted by molar-refractivity contribution is 5.92. The molecule has 1 fully saturated rings. The Bertz CT molecular complexity index is 721. The summed E-state index contributed by atoms with van der Waals surface area (Å²) < 4.78 is 6.92. The standard InChI is InChI=1S/C18H23N3O3/c1-18(23,13-6-8-14(24-3)9-7-13)16-5-4-10-21(16)17(22)15-11-20(2)12-19-15/h6-9,11-12,16,23H,4-5,10H2,1-3H3. The average Bonchev–Trinajstić information content (AvgIpc) is 3.23. The topological polar surface area (TPSA) is 67.6 Å². The third-order valence-corrected chi connectivity index (χ3v) is 4.76. The van der Waals surface area contributed by atoms with E-state index in [-0.39, 0.29) is 11.9 Å². The van der Waals surface area contributed by atoms with E-state index in [2.05, 4.69) is 4.98 Å². The number of benzene rings is 1. The van der Waals surface area contributed by atoms with Crippen molar-refractivity contribution in [2.75, 3.05) is 13.7 Å². The SMILES string of the molecule is COc1ccc(C(C)(O)C2CCCN2C(=O)c2cn(C)cn2)cc1. The maximum Gasteiger partial charge on any atom is 0.274 e. The number of carbonyl (C=O) groups excluding carboxylic acids is 1. The van der Waals surface area contributed by atoms with Gasteiger partial charge >= 0.3 is 0 Å². The number of aryl methyl sites for hydroxylation is 1. The molecule has 2 unspecified atom stereocenters. The van der Waals surface area contributed by atoms with Gasteiger partial charge in [0.05, 0.1) is 19.5 Å². The summed E-state index contributed by atoms with van der Waals surface area (Å²) in [6, 6.07) is 7.06. The molecule has 2 atom stereocenters. The number of rotatable bonds is 4. The molecule has 1 N–H and O–H groups in total. The van der Waals surface area contributed by atoms with Crippen LogP contribution in [-0.2, 0) is 12.6 Å². The molecule has 1 aliphatic heterocycles. The average molecular weight is 329 g/mol. The van der Waals surface area contributed by atoms with E-state index in [1.165, 1.54) is 0 Å². The van der Waals surface area contributed by atoms with Crippen LogP contribution in [0.3, 0.4) is 0 Å². The lowest BCUT2D eigenvalue weighted by atomic mass is 9.86. The fraction of sp³-hybridized carbons (Fsp3) is 0.444. The Labute approximate surface area is 141 Å². The molecule has 0 saturated carbocycles. The zero-order chi connectivity index (χ0) is 17.3. The first-order valence-corrected chi connectivity index (χ1v) is 8.09. The summed E-state index contributed by atoms with van der Waals surface area (Å²) in [5.74, 6) is 0.606. The number of aliphatic hydroxyl groups is 1. The van der Waals surface area contributed by atoms with E-state index in [1.807, 2.05) is 31.3 Å². The van der Waals surface area contributed by atoms with Crippen LogP contribution in [0.2, 0.25) is 0 Å². The van der Waals surface area contributed by atoms with Gasteiger partial charge in [0.1, 0.15) is 17.0 Å². The smallest absolute Gasteiger partial charge is 0.274 e. The van der Waals surface area contributed by atoms with Crippen LogP contribution in [0.1, 0.15) is 35.8 Å². The fourth-order valence-corrected chi connectivity index (χ4v) is 3.39. The summed E-state index contributed by atoms with van der Waals surface area (Å²) in [4.78, 5) is 18.7. The first-order valence-electron chi connectivity index (χ1n) is 8.09. The third-order valence-electron chi connectivity index (χ3n) is 4.76. The Morgan fingerprint density at radius 3 is 2.67 bits per heavy atom. The third kappa shape index (κ3) is 2.89. The number of imidazole rings is 1. The zero-order valence-corrected chi connectivity index (χ0v) is 14.3. The second kappa shape index (κ2) is 6.28. The largest absolute Gasteiger partial charge is 0.497 e. The number of likely N-dealkylation sites (tertiary alicyclic amines) is 1. The van der Waals surface area contributed by atoms with E-state index < -0.39 is 5.60 Å². The van der Waals surface area contributed by atoms with Crippen molar-refractivity contribution in [2.24, 2.45) is 7.05 Å². The molecule has 1 aliphatic rings. The fourth-order valence-electron chi connectivity index (χ4n) is 3.39. The summed E-state index contributed by atoms with van der Waals surface area (Å²) >= 11 is 0. The van der Waals surface area contributed by atoms with E-state index in [1.54, 1.807) is 36.0 Å². The van der Waals surface area contributed by atoms with Crippen LogP contribution >= 0.6 is 0 Å². The number of hydrogen-bond acceptors (Lipinski definition) is 4. The van der Waals surface area contributed by atoms with E-state index in [4.69, 9.17) is 4.74 Å². The normalized spacial score (nSPS) is 20.0. The van der Waals surface area contributed by atoms with Crippen molar-refractivity contribution in [1.29, 1.82) is 0 Å². The second-order valence-electron chi connectivity index (χ2n) is 6.46. The number of hydrogen-bond donors (Lipinski definition) is 1. The van der Waals surface area contributed by atoms with Crippen LogP contribution in [0.25, 0.3) is 0 Å². The highest BCUT2D eigenvalue weighted by atomic mass is 16.5. The minimum Gasteiger partial charge on any atom is -0.497 e. The maximum absolute atomic E-state index is 12.8. The van der Waals surface area contributed by atoms with E-state index in [0.29, 0.717) is 12.2 Å². The number of ether oxygens (including phenoxy) is 1.